The van der Waals surface area contributed by atoms with Crippen LogP contribution in [0.25, 0.3) is 0 Å². The van der Waals surface area contributed by atoms with E-state index in [0.29, 0.717) is 0 Å². The highest BCUT2D eigenvalue weighted by Crippen LogP contribution is 2.40. The Bertz CT molecular complexity index is 505. The second-order valence-corrected chi connectivity index (χ2v) is 25.1. The summed E-state index contributed by atoms with van der Waals surface area (Å²) in [6, 6.07) is 1.91. The molecule has 2 unspecified atom stereocenters. The van der Waals surface area contributed by atoms with E-state index >= 15 is 0 Å². The molecule has 26 heavy (non-hydrogen) atoms. The van der Waals surface area contributed by atoms with E-state index in [9.17, 15) is 4.46 Å². The molecule has 0 rings (SSSR count). The van der Waals surface area contributed by atoms with Crippen LogP contribution < -0.4 is 0 Å². The molecule has 0 spiro atoms. The summed E-state index contributed by atoms with van der Waals surface area (Å²) in [5.74, 6) is 0. The van der Waals surface area contributed by atoms with Crippen LogP contribution in [-0.4, -0.2) is 43.8 Å². The van der Waals surface area contributed by atoms with Crippen LogP contribution in [0, 0.1) is 0 Å². The van der Waals surface area contributed by atoms with Crippen molar-refractivity contribution in [3.8, 4) is 0 Å². The SMILES string of the molecule is C=C[Si](C)(C)OC(C)(CC)[Si](C)(C)OC(C)(CC)[Si](C)(C)CC[Si](C)=O. The van der Waals surface area contributed by atoms with Gasteiger partial charge in [0, 0.05) is 5.22 Å². The third kappa shape index (κ3) is 6.44. The molecule has 2 atom stereocenters. The first kappa shape index (κ1) is 26.3. The van der Waals surface area contributed by atoms with Gasteiger partial charge in [0.25, 0.3) is 8.68 Å². The van der Waals surface area contributed by atoms with Gasteiger partial charge in [0.15, 0.2) is 0 Å². The summed E-state index contributed by atoms with van der Waals surface area (Å²) in [4.78, 5) is 0. The summed E-state index contributed by atoms with van der Waals surface area (Å²) in [7, 11) is -7.23. The van der Waals surface area contributed by atoms with Crippen LogP contribution in [0.15, 0.2) is 12.3 Å². The molecular formula is C19H44O3Si4. The molecular weight excluding hydrogens is 389 g/mol. The molecule has 0 fully saturated rings. The maximum absolute atomic E-state index is 11.7. The van der Waals surface area contributed by atoms with Crippen molar-refractivity contribution in [1.82, 2.24) is 0 Å². The second-order valence-electron chi connectivity index (χ2n) is 9.78. The fourth-order valence-corrected chi connectivity index (χ4v) is 16.1. The van der Waals surface area contributed by atoms with Crippen LogP contribution in [0.2, 0.25) is 57.9 Å². The van der Waals surface area contributed by atoms with E-state index in [-0.39, 0.29) is 10.4 Å². The van der Waals surface area contributed by atoms with Crippen LogP contribution >= 0.6 is 0 Å². The van der Waals surface area contributed by atoms with Crippen molar-refractivity contribution in [2.45, 2.75) is 109 Å². The molecule has 0 saturated heterocycles. The normalized spacial score (nSPS) is 18.1. The molecule has 0 bridgehead atoms. The van der Waals surface area contributed by atoms with Crippen LogP contribution in [-0.2, 0) is 13.3 Å². The average Bonchev–Trinajstić information content (AvgIpc) is 2.51. The topological polar surface area (TPSA) is 35.5 Å². The summed E-state index contributed by atoms with van der Waals surface area (Å²) in [6.07, 6.45) is 1.94. The number of rotatable bonds is 12. The van der Waals surface area contributed by atoms with Gasteiger partial charge in [-0.1, -0.05) is 38.7 Å². The molecule has 0 aromatic carbocycles. The Hall–Kier alpha value is 0.328. The van der Waals surface area contributed by atoms with E-state index in [1.165, 1.54) is 0 Å². The van der Waals surface area contributed by atoms with Crippen LogP contribution in [0.5, 0.6) is 0 Å². The van der Waals surface area contributed by atoms with E-state index < -0.39 is 33.4 Å². The van der Waals surface area contributed by atoms with Gasteiger partial charge in [0.2, 0.25) is 16.6 Å². The highest BCUT2D eigenvalue weighted by Gasteiger charge is 2.53. The van der Waals surface area contributed by atoms with Crippen LogP contribution in [0.1, 0.15) is 40.5 Å². The number of hydrogen-bond donors (Lipinski definition) is 0. The van der Waals surface area contributed by atoms with Gasteiger partial charge in [-0.25, -0.2) is 0 Å². The summed E-state index contributed by atoms with van der Waals surface area (Å²) >= 11 is 0. The Morgan fingerprint density at radius 3 is 1.77 bits per heavy atom. The summed E-state index contributed by atoms with van der Waals surface area (Å²) in [5.41, 5.74) is 2.02. The molecule has 0 radical (unpaired) electrons. The Morgan fingerprint density at radius 2 is 1.42 bits per heavy atom. The third-order valence-electron chi connectivity index (χ3n) is 6.62. The molecule has 0 heterocycles. The zero-order valence-corrected chi connectivity index (χ0v) is 23.3. The van der Waals surface area contributed by atoms with Crippen molar-refractivity contribution < 1.29 is 13.3 Å². The minimum Gasteiger partial charge on any atom is -0.412 e. The largest absolute Gasteiger partial charge is 0.412 e. The third-order valence-corrected chi connectivity index (χ3v) is 19.2. The van der Waals surface area contributed by atoms with Gasteiger partial charge in [0.1, 0.15) is 0 Å². The maximum Gasteiger partial charge on any atom is 0.273 e. The predicted molar refractivity (Wildman–Crippen MR) is 124 cm³/mol. The minimum atomic E-state index is -2.18. The molecule has 0 saturated carbocycles. The lowest BCUT2D eigenvalue weighted by Gasteiger charge is -2.53. The molecule has 0 amide bonds. The van der Waals surface area contributed by atoms with Crippen molar-refractivity contribution in [3.63, 3.8) is 0 Å². The van der Waals surface area contributed by atoms with E-state index in [4.69, 9.17) is 8.85 Å². The molecule has 0 aromatic heterocycles. The molecule has 154 valence electrons. The van der Waals surface area contributed by atoms with Gasteiger partial charge in [-0.05, 0) is 65.5 Å². The number of hydrogen-bond acceptors (Lipinski definition) is 3. The van der Waals surface area contributed by atoms with Gasteiger partial charge in [-0.15, -0.1) is 6.58 Å². The van der Waals surface area contributed by atoms with Crippen molar-refractivity contribution in [2.24, 2.45) is 0 Å². The monoisotopic (exact) mass is 432 g/mol. The van der Waals surface area contributed by atoms with Crippen molar-refractivity contribution in [2.75, 3.05) is 0 Å². The Kier molecular flexibility index (Phi) is 9.33. The highest BCUT2D eigenvalue weighted by atomic mass is 28.4. The molecule has 0 aliphatic heterocycles. The van der Waals surface area contributed by atoms with E-state index in [1.54, 1.807) is 0 Å². The zero-order valence-electron chi connectivity index (χ0n) is 19.3. The van der Waals surface area contributed by atoms with E-state index in [1.807, 2.05) is 12.2 Å². The van der Waals surface area contributed by atoms with Crippen LogP contribution in [0.3, 0.4) is 0 Å². The standard InChI is InChI=1S/C19H44O3Si4/c1-13-18(4,24(7,8)17-16-23(6)20)22-26(11,12)19(5,14-2)21-25(9,10)15-3/h15H,3,13-14,16-17H2,1-2,4-12H3. The first-order valence-corrected chi connectivity index (χ1v) is 21.3. The first-order chi connectivity index (χ1) is 11.5. The lowest BCUT2D eigenvalue weighted by atomic mass is 10.3. The summed E-state index contributed by atoms with van der Waals surface area (Å²) < 4.78 is 25.5. The van der Waals surface area contributed by atoms with Gasteiger partial charge in [-0.3, -0.25) is 0 Å². The van der Waals surface area contributed by atoms with E-state index in [2.05, 4.69) is 73.6 Å². The zero-order chi connectivity index (χ0) is 21.0. The van der Waals surface area contributed by atoms with Gasteiger partial charge in [0.05, 0.1) is 13.3 Å². The average molecular weight is 433 g/mol. The second kappa shape index (κ2) is 9.22. The summed E-state index contributed by atoms with van der Waals surface area (Å²) in [5, 5.41) is -0.365. The Balaban J connectivity index is 5.73. The first-order valence-electron chi connectivity index (χ1n) is 10.0. The maximum atomic E-state index is 11.7. The quantitative estimate of drug-likeness (QED) is 0.338. The molecule has 0 aliphatic rings. The fourth-order valence-electron chi connectivity index (χ4n) is 3.36. The lowest BCUT2D eigenvalue weighted by Crippen LogP contribution is -2.66. The minimum absolute atomic E-state index is 0.125. The lowest BCUT2D eigenvalue weighted by molar-refractivity contribution is 0.0772. The fraction of sp³-hybridized carbons (Fsp3) is 0.895. The Labute approximate surface area is 167 Å². The summed E-state index contributed by atoms with van der Waals surface area (Å²) in [6.45, 7) is 28.7. The molecule has 0 aliphatic carbocycles. The van der Waals surface area contributed by atoms with Gasteiger partial charge < -0.3 is 13.3 Å². The van der Waals surface area contributed by atoms with Gasteiger partial charge >= 0.3 is 0 Å². The molecule has 0 aromatic rings. The van der Waals surface area contributed by atoms with E-state index in [0.717, 1.165) is 24.9 Å². The van der Waals surface area contributed by atoms with Gasteiger partial charge in [-0.2, -0.15) is 0 Å². The Morgan fingerprint density at radius 1 is 0.962 bits per heavy atom. The molecule has 0 N–H and O–H groups in total. The van der Waals surface area contributed by atoms with Crippen molar-refractivity contribution in [1.29, 1.82) is 0 Å². The van der Waals surface area contributed by atoms with Crippen molar-refractivity contribution >= 4 is 33.4 Å². The highest BCUT2D eigenvalue weighted by molar-refractivity contribution is 6.83. The predicted octanol–water partition coefficient (Wildman–Crippen LogP) is 6.33. The van der Waals surface area contributed by atoms with Crippen LogP contribution in [0.4, 0.5) is 0 Å². The molecule has 3 nitrogen and oxygen atoms in total. The smallest absolute Gasteiger partial charge is 0.273 e. The molecule has 7 heteroatoms. The van der Waals surface area contributed by atoms with Crippen molar-refractivity contribution in [3.05, 3.63) is 12.3 Å².